The quantitative estimate of drug-likeness (QED) is 0.409. The lowest BCUT2D eigenvalue weighted by Crippen LogP contribution is -2.22. The molecule has 0 bridgehead atoms. The third-order valence-corrected chi connectivity index (χ3v) is 5.41. The van der Waals surface area contributed by atoms with Gasteiger partial charge in [0.05, 0.1) is 12.2 Å². The van der Waals surface area contributed by atoms with E-state index in [1.165, 1.54) is 11.3 Å². The minimum Gasteiger partial charge on any atom is -0.493 e. The van der Waals surface area contributed by atoms with Crippen LogP contribution < -0.4 is 10.1 Å². The number of aliphatic imine (C=N–C) groups is 1. The van der Waals surface area contributed by atoms with Crippen LogP contribution in [0.5, 0.6) is 5.75 Å². The summed E-state index contributed by atoms with van der Waals surface area (Å²) in [6.45, 7) is 2.93. The van der Waals surface area contributed by atoms with Crippen molar-refractivity contribution >= 4 is 56.0 Å². The maximum absolute atomic E-state index is 12.6. The van der Waals surface area contributed by atoms with E-state index in [1.807, 2.05) is 42.6 Å². The summed E-state index contributed by atoms with van der Waals surface area (Å²) in [6.07, 6.45) is 1.72. The second-order valence-electron chi connectivity index (χ2n) is 5.82. The van der Waals surface area contributed by atoms with Gasteiger partial charge in [-0.15, -0.1) is 11.3 Å². The minimum atomic E-state index is -0.164. The fraction of sp³-hybridized carbons (Fsp3) is 0.143. The third-order valence-electron chi connectivity index (χ3n) is 3.85. The monoisotopic (exact) mass is 476 g/mol. The Morgan fingerprint density at radius 2 is 2.04 bits per heavy atom. The molecule has 4 nitrogen and oxygen atoms in total. The Morgan fingerprint density at radius 1 is 1.25 bits per heavy atom. The number of halogens is 2. The predicted molar refractivity (Wildman–Crippen MR) is 120 cm³/mol. The summed E-state index contributed by atoms with van der Waals surface area (Å²) in [5, 5.41) is 6.09. The molecule has 0 spiro atoms. The van der Waals surface area contributed by atoms with Crippen molar-refractivity contribution in [1.29, 1.82) is 0 Å². The number of carbonyl (C=O) groups is 1. The molecule has 0 aliphatic rings. The lowest BCUT2D eigenvalue weighted by Gasteiger charge is -2.07. The lowest BCUT2D eigenvalue weighted by atomic mass is 10.2. The first kappa shape index (κ1) is 20.6. The van der Waals surface area contributed by atoms with E-state index in [0.717, 1.165) is 21.3 Å². The van der Waals surface area contributed by atoms with Crippen LogP contribution in [-0.4, -0.2) is 18.7 Å². The van der Waals surface area contributed by atoms with Gasteiger partial charge in [0.15, 0.2) is 0 Å². The van der Waals surface area contributed by atoms with E-state index >= 15 is 0 Å². The van der Waals surface area contributed by atoms with E-state index < -0.39 is 0 Å². The van der Waals surface area contributed by atoms with Crippen molar-refractivity contribution in [3.05, 3.63) is 80.1 Å². The number of ether oxygens (including phenoxy) is 1. The standard InChI is InChI=1S/C21H18BrClN2O2S/c1-2-27-19-8-5-16(22)11-15(19)13-25-21-18(9-10-28-21)20(26)24-12-14-3-6-17(23)7-4-14/h3-11,13H,2,12H2,1H3,(H,24,26). The van der Waals surface area contributed by atoms with Crippen LogP contribution in [-0.2, 0) is 6.54 Å². The summed E-state index contributed by atoms with van der Waals surface area (Å²) >= 11 is 10.8. The average Bonchev–Trinajstić information content (AvgIpc) is 3.16. The van der Waals surface area contributed by atoms with Crippen LogP contribution >= 0.6 is 38.9 Å². The molecule has 0 fully saturated rings. The van der Waals surface area contributed by atoms with E-state index in [0.29, 0.717) is 28.7 Å². The fourth-order valence-corrected chi connectivity index (χ4v) is 3.73. The van der Waals surface area contributed by atoms with Crippen molar-refractivity contribution in [1.82, 2.24) is 5.32 Å². The largest absolute Gasteiger partial charge is 0.493 e. The molecular weight excluding hydrogens is 460 g/mol. The van der Waals surface area contributed by atoms with Crippen LogP contribution in [0.15, 0.2) is 63.4 Å². The summed E-state index contributed by atoms with van der Waals surface area (Å²) in [5.41, 5.74) is 2.37. The Balaban J connectivity index is 1.73. The van der Waals surface area contributed by atoms with Gasteiger partial charge in [-0.25, -0.2) is 4.99 Å². The minimum absolute atomic E-state index is 0.164. The number of carbonyl (C=O) groups excluding carboxylic acids is 1. The molecule has 1 amide bonds. The maximum Gasteiger partial charge on any atom is 0.254 e. The van der Waals surface area contributed by atoms with Crippen LogP contribution in [0.4, 0.5) is 5.00 Å². The molecule has 0 aliphatic carbocycles. The zero-order valence-corrected chi connectivity index (χ0v) is 18.3. The van der Waals surface area contributed by atoms with E-state index in [4.69, 9.17) is 16.3 Å². The second kappa shape index (κ2) is 9.87. The van der Waals surface area contributed by atoms with Gasteiger partial charge in [-0.1, -0.05) is 39.7 Å². The van der Waals surface area contributed by atoms with Crippen molar-refractivity contribution in [2.24, 2.45) is 4.99 Å². The maximum atomic E-state index is 12.6. The topological polar surface area (TPSA) is 50.7 Å². The van der Waals surface area contributed by atoms with Gasteiger partial charge in [0.2, 0.25) is 0 Å². The van der Waals surface area contributed by atoms with Gasteiger partial charge in [-0.05, 0) is 54.3 Å². The molecule has 1 heterocycles. The van der Waals surface area contributed by atoms with Crippen LogP contribution in [0.3, 0.4) is 0 Å². The van der Waals surface area contributed by atoms with Crippen molar-refractivity contribution in [3.8, 4) is 5.75 Å². The third kappa shape index (κ3) is 5.44. The molecule has 0 aliphatic heterocycles. The molecule has 144 valence electrons. The Hall–Kier alpha value is -2.15. The van der Waals surface area contributed by atoms with Gasteiger partial charge in [0.1, 0.15) is 10.8 Å². The van der Waals surface area contributed by atoms with Crippen LogP contribution in [0.1, 0.15) is 28.4 Å². The number of amides is 1. The highest BCUT2D eigenvalue weighted by atomic mass is 79.9. The number of thiophene rings is 1. The van der Waals surface area contributed by atoms with Crippen molar-refractivity contribution in [2.45, 2.75) is 13.5 Å². The highest BCUT2D eigenvalue weighted by molar-refractivity contribution is 9.10. The molecule has 3 rings (SSSR count). The number of hydrogen-bond acceptors (Lipinski definition) is 4. The predicted octanol–water partition coefficient (Wildman–Crippen LogP) is 6.24. The first-order valence-electron chi connectivity index (χ1n) is 8.63. The molecule has 0 saturated heterocycles. The van der Waals surface area contributed by atoms with Gasteiger partial charge in [-0.3, -0.25) is 4.79 Å². The molecule has 1 aromatic heterocycles. The Morgan fingerprint density at radius 3 is 2.79 bits per heavy atom. The average molecular weight is 478 g/mol. The Kier molecular flexibility index (Phi) is 7.25. The van der Waals surface area contributed by atoms with E-state index in [2.05, 4.69) is 26.2 Å². The fourth-order valence-electron chi connectivity index (χ4n) is 2.49. The highest BCUT2D eigenvalue weighted by Crippen LogP contribution is 2.28. The molecule has 3 aromatic rings. The molecule has 28 heavy (non-hydrogen) atoms. The molecule has 2 aromatic carbocycles. The van der Waals surface area contributed by atoms with Gasteiger partial charge in [0, 0.05) is 27.8 Å². The van der Waals surface area contributed by atoms with Crippen molar-refractivity contribution in [3.63, 3.8) is 0 Å². The van der Waals surface area contributed by atoms with Crippen LogP contribution in [0, 0.1) is 0 Å². The molecular formula is C21H18BrClN2O2S. The summed E-state index contributed by atoms with van der Waals surface area (Å²) in [4.78, 5) is 17.1. The summed E-state index contributed by atoms with van der Waals surface area (Å²) < 4.78 is 6.57. The number of nitrogens with zero attached hydrogens (tertiary/aromatic N) is 1. The van der Waals surface area contributed by atoms with E-state index in [9.17, 15) is 4.79 Å². The Labute approximate surface area is 181 Å². The van der Waals surface area contributed by atoms with Gasteiger partial charge in [-0.2, -0.15) is 0 Å². The van der Waals surface area contributed by atoms with Crippen molar-refractivity contribution in [2.75, 3.05) is 6.61 Å². The van der Waals surface area contributed by atoms with Gasteiger partial charge >= 0.3 is 0 Å². The second-order valence-corrected chi connectivity index (χ2v) is 8.07. The van der Waals surface area contributed by atoms with Gasteiger partial charge < -0.3 is 10.1 Å². The lowest BCUT2D eigenvalue weighted by molar-refractivity contribution is 0.0952. The van der Waals surface area contributed by atoms with Crippen LogP contribution in [0.2, 0.25) is 5.02 Å². The molecule has 0 unspecified atom stereocenters. The molecule has 0 radical (unpaired) electrons. The summed E-state index contributed by atoms with van der Waals surface area (Å²) in [7, 11) is 0. The molecule has 1 N–H and O–H groups in total. The zero-order chi connectivity index (χ0) is 19.9. The zero-order valence-electron chi connectivity index (χ0n) is 15.1. The molecule has 0 atom stereocenters. The van der Waals surface area contributed by atoms with Gasteiger partial charge in [0.25, 0.3) is 5.91 Å². The number of hydrogen-bond donors (Lipinski definition) is 1. The molecule has 0 saturated carbocycles. The summed E-state index contributed by atoms with van der Waals surface area (Å²) in [5.74, 6) is 0.586. The number of nitrogens with one attached hydrogen (secondary N) is 1. The Bertz CT molecular complexity index is 986. The number of benzene rings is 2. The highest BCUT2D eigenvalue weighted by Gasteiger charge is 2.12. The number of rotatable bonds is 7. The van der Waals surface area contributed by atoms with E-state index in [-0.39, 0.29) is 5.91 Å². The normalized spacial score (nSPS) is 11.0. The molecule has 7 heteroatoms. The smallest absolute Gasteiger partial charge is 0.254 e. The first-order chi connectivity index (χ1) is 13.6. The SMILES string of the molecule is CCOc1ccc(Br)cc1C=Nc1sccc1C(=O)NCc1ccc(Cl)cc1. The van der Waals surface area contributed by atoms with Crippen LogP contribution in [0.25, 0.3) is 0 Å². The summed E-state index contributed by atoms with van der Waals surface area (Å²) in [6, 6.07) is 14.9. The van der Waals surface area contributed by atoms with Crippen molar-refractivity contribution < 1.29 is 9.53 Å². The van der Waals surface area contributed by atoms with E-state index in [1.54, 1.807) is 24.4 Å². The first-order valence-corrected chi connectivity index (χ1v) is 10.7.